The Kier molecular flexibility index (Phi) is 6.11. The predicted molar refractivity (Wildman–Crippen MR) is 104 cm³/mol. The molecule has 0 aliphatic heterocycles. The lowest BCUT2D eigenvalue weighted by molar-refractivity contribution is -0.143. The number of carbonyl (C=O) groups excluding carboxylic acids is 1. The van der Waals surface area contributed by atoms with Gasteiger partial charge in [-0.25, -0.2) is 4.68 Å². The van der Waals surface area contributed by atoms with Gasteiger partial charge in [-0.2, -0.15) is 31.4 Å². The van der Waals surface area contributed by atoms with Crippen LogP contribution >= 0.6 is 0 Å². The van der Waals surface area contributed by atoms with Crippen molar-refractivity contribution in [1.82, 2.24) is 9.78 Å². The van der Waals surface area contributed by atoms with Gasteiger partial charge in [0.2, 0.25) is 5.91 Å². The highest BCUT2D eigenvalue weighted by atomic mass is 19.4. The SMILES string of the molecule is CC(C(=O)Nc1cc(C(F)(F)F)cc(C(F)(F)F)c1)n1nc(-c2ccccc2)ccc1=O. The van der Waals surface area contributed by atoms with Crippen molar-refractivity contribution in [2.75, 3.05) is 5.32 Å². The van der Waals surface area contributed by atoms with Gasteiger partial charge >= 0.3 is 12.4 Å². The number of hydrogen-bond donors (Lipinski definition) is 1. The smallest absolute Gasteiger partial charge is 0.324 e. The maximum atomic E-state index is 13.0. The number of anilines is 1. The monoisotopic (exact) mass is 455 g/mol. The number of alkyl halides is 6. The van der Waals surface area contributed by atoms with Gasteiger partial charge in [-0.05, 0) is 31.2 Å². The third-order valence-electron chi connectivity index (χ3n) is 4.50. The number of nitrogens with zero attached hydrogens (tertiary/aromatic N) is 2. The van der Waals surface area contributed by atoms with E-state index in [1.165, 1.54) is 13.0 Å². The summed E-state index contributed by atoms with van der Waals surface area (Å²) >= 11 is 0. The third-order valence-corrected chi connectivity index (χ3v) is 4.50. The van der Waals surface area contributed by atoms with Gasteiger partial charge in [-0.15, -0.1) is 0 Å². The maximum absolute atomic E-state index is 13.0. The Bertz CT molecular complexity index is 1150. The molecular formula is C21H15F6N3O2. The molecule has 0 fully saturated rings. The summed E-state index contributed by atoms with van der Waals surface area (Å²) in [6, 6.07) is 10.6. The number of halogens is 6. The average molecular weight is 455 g/mol. The molecule has 0 spiro atoms. The van der Waals surface area contributed by atoms with Crippen molar-refractivity contribution in [3.8, 4) is 11.3 Å². The first kappa shape index (κ1) is 23.0. The number of carbonyl (C=O) groups is 1. The summed E-state index contributed by atoms with van der Waals surface area (Å²) in [5, 5.41) is 6.12. The molecule has 11 heteroatoms. The van der Waals surface area contributed by atoms with E-state index in [4.69, 9.17) is 0 Å². The normalized spacial score (nSPS) is 13.0. The van der Waals surface area contributed by atoms with Gasteiger partial charge in [0.25, 0.3) is 5.56 Å². The molecule has 1 heterocycles. The number of nitrogens with one attached hydrogen (secondary N) is 1. The van der Waals surface area contributed by atoms with Crippen LogP contribution in [0.25, 0.3) is 11.3 Å². The van der Waals surface area contributed by atoms with Crippen molar-refractivity contribution in [3.05, 3.63) is 82.1 Å². The molecule has 32 heavy (non-hydrogen) atoms. The van der Waals surface area contributed by atoms with Gasteiger partial charge in [0.15, 0.2) is 0 Å². The molecule has 3 aromatic rings. The standard InChI is InChI=1S/C21H15F6N3O2/c1-12(30-18(31)8-7-17(29-30)13-5-3-2-4-6-13)19(32)28-16-10-14(20(22,23)24)9-15(11-16)21(25,26)27/h2-12H,1H3,(H,28,32). The van der Waals surface area contributed by atoms with Crippen molar-refractivity contribution >= 4 is 11.6 Å². The number of aromatic nitrogens is 2. The van der Waals surface area contributed by atoms with Crippen LogP contribution in [0.5, 0.6) is 0 Å². The van der Waals surface area contributed by atoms with Gasteiger partial charge in [-0.1, -0.05) is 30.3 Å². The molecule has 1 N–H and O–H groups in total. The summed E-state index contributed by atoms with van der Waals surface area (Å²) in [6.07, 6.45) is -10.1. The first-order chi connectivity index (χ1) is 14.9. The van der Waals surface area contributed by atoms with Gasteiger partial charge in [0.05, 0.1) is 16.8 Å². The van der Waals surface area contributed by atoms with Crippen molar-refractivity contribution in [2.45, 2.75) is 25.3 Å². The van der Waals surface area contributed by atoms with Gasteiger partial charge in [-0.3, -0.25) is 9.59 Å². The van der Waals surface area contributed by atoms with E-state index in [0.29, 0.717) is 23.4 Å². The lowest BCUT2D eigenvalue weighted by Gasteiger charge is -2.17. The number of hydrogen-bond acceptors (Lipinski definition) is 3. The summed E-state index contributed by atoms with van der Waals surface area (Å²) in [7, 11) is 0. The van der Waals surface area contributed by atoms with Crippen LogP contribution in [0.3, 0.4) is 0 Å². The fourth-order valence-electron chi connectivity index (χ4n) is 2.85. The molecule has 1 unspecified atom stereocenters. The average Bonchev–Trinajstić information content (AvgIpc) is 2.72. The minimum Gasteiger partial charge on any atom is -0.324 e. The highest BCUT2D eigenvalue weighted by Gasteiger charge is 2.37. The fourth-order valence-corrected chi connectivity index (χ4v) is 2.85. The zero-order valence-electron chi connectivity index (χ0n) is 16.3. The van der Waals surface area contributed by atoms with Crippen molar-refractivity contribution in [1.29, 1.82) is 0 Å². The Morgan fingerprint density at radius 3 is 2.00 bits per heavy atom. The number of amides is 1. The minimum atomic E-state index is -5.06. The van der Waals surface area contributed by atoms with Crippen LogP contribution in [0.15, 0.2) is 65.5 Å². The Hall–Kier alpha value is -3.63. The molecule has 0 radical (unpaired) electrons. The molecule has 0 aliphatic carbocycles. The molecule has 1 amide bonds. The topological polar surface area (TPSA) is 64.0 Å². The van der Waals surface area contributed by atoms with Crippen molar-refractivity contribution in [3.63, 3.8) is 0 Å². The maximum Gasteiger partial charge on any atom is 0.416 e. The summed E-state index contributed by atoms with van der Waals surface area (Å²) < 4.78 is 78.9. The lowest BCUT2D eigenvalue weighted by Crippen LogP contribution is -2.33. The van der Waals surface area contributed by atoms with E-state index in [-0.39, 0.29) is 6.07 Å². The molecular weight excluding hydrogens is 440 g/mol. The quantitative estimate of drug-likeness (QED) is 0.554. The second kappa shape index (κ2) is 8.48. The highest BCUT2D eigenvalue weighted by Crippen LogP contribution is 2.37. The predicted octanol–water partition coefficient (Wildman–Crippen LogP) is 5.15. The van der Waals surface area contributed by atoms with E-state index in [1.807, 2.05) is 5.32 Å². The van der Waals surface area contributed by atoms with Crippen LogP contribution in [0.4, 0.5) is 32.0 Å². The molecule has 0 bridgehead atoms. The van der Waals surface area contributed by atoms with Gasteiger partial charge in [0, 0.05) is 17.3 Å². The molecule has 168 valence electrons. The molecule has 3 rings (SSSR count). The molecule has 0 aliphatic rings. The van der Waals surface area contributed by atoms with E-state index in [9.17, 15) is 35.9 Å². The summed E-state index contributed by atoms with van der Waals surface area (Å²) in [5.74, 6) is -1.02. The Balaban J connectivity index is 1.93. The third kappa shape index (κ3) is 5.16. The van der Waals surface area contributed by atoms with E-state index in [2.05, 4.69) is 5.10 Å². The number of benzene rings is 2. The fraction of sp³-hybridized carbons (Fsp3) is 0.190. The van der Waals surface area contributed by atoms with Crippen molar-refractivity contribution < 1.29 is 31.1 Å². The second-order valence-electron chi connectivity index (χ2n) is 6.83. The summed E-state index contributed by atoms with van der Waals surface area (Å²) in [5.41, 5.74) is -3.54. The zero-order chi connectivity index (χ0) is 23.7. The molecule has 0 saturated carbocycles. The van der Waals surface area contributed by atoms with E-state index in [1.54, 1.807) is 30.3 Å². The number of rotatable bonds is 4. The second-order valence-corrected chi connectivity index (χ2v) is 6.83. The first-order valence-electron chi connectivity index (χ1n) is 9.12. The molecule has 5 nitrogen and oxygen atoms in total. The van der Waals surface area contributed by atoms with Crippen LogP contribution in [0, 0.1) is 0 Å². The minimum absolute atomic E-state index is 0.0472. The van der Waals surface area contributed by atoms with E-state index < -0.39 is 46.7 Å². The van der Waals surface area contributed by atoms with Crippen LogP contribution in [0.1, 0.15) is 24.1 Å². The highest BCUT2D eigenvalue weighted by molar-refractivity contribution is 5.93. The zero-order valence-corrected chi connectivity index (χ0v) is 16.3. The van der Waals surface area contributed by atoms with Crippen LogP contribution in [-0.4, -0.2) is 15.7 Å². The molecule has 1 aromatic heterocycles. The van der Waals surface area contributed by atoms with Crippen LogP contribution in [-0.2, 0) is 17.1 Å². The summed E-state index contributed by atoms with van der Waals surface area (Å²) in [4.78, 5) is 24.8. The van der Waals surface area contributed by atoms with Gasteiger partial charge in [0.1, 0.15) is 6.04 Å². The van der Waals surface area contributed by atoms with Crippen molar-refractivity contribution in [2.24, 2.45) is 0 Å². The van der Waals surface area contributed by atoms with Crippen LogP contribution < -0.4 is 10.9 Å². The Morgan fingerprint density at radius 1 is 0.906 bits per heavy atom. The largest absolute Gasteiger partial charge is 0.416 e. The molecule has 2 aromatic carbocycles. The van der Waals surface area contributed by atoms with Gasteiger partial charge < -0.3 is 5.32 Å². The summed E-state index contributed by atoms with van der Waals surface area (Å²) in [6.45, 7) is 1.25. The molecule has 1 atom stereocenters. The Labute approximate surface area is 177 Å². The Morgan fingerprint density at radius 2 is 1.47 bits per heavy atom. The van der Waals surface area contributed by atoms with E-state index >= 15 is 0 Å². The first-order valence-corrected chi connectivity index (χ1v) is 9.12. The lowest BCUT2D eigenvalue weighted by atomic mass is 10.1. The van der Waals surface area contributed by atoms with Crippen LogP contribution in [0.2, 0.25) is 0 Å². The van der Waals surface area contributed by atoms with E-state index in [0.717, 1.165) is 10.7 Å². The molecule has 0 saturated heterocycles.